The number of fused-ring (bicyclic) bond motifs is 1. The quantitative estimate of drug-likeness (QED) is 0.685. The number of hydrogen-bond donors (Lipinski definition) is 1. The summed E-state index contributed by atoms with van der Waals surface area (Å²) in [6.45, 7) is 9.01. The maximum Gasteiger partial charge on any atom is 0.193 e. The molecule has 1 aromatic heterocycles. The van der Waals surface area contributed by atoms with Gasteiger partial charge < -0.3 is 10.2 Å². The fourth-order valence-corrected chi connectivity index (χ4v) is 4.27. The second kappa shape index (κ2) is 7.47. The summed E-state index contributed by atoms with van der Waals surface area (Å²) < 4.78 is 0. The van der Waals surface area contributed by atoms with E-state index in [2.05, 4.69) is 38.5 Å². The zero-order valence-corrected chi connectivity index (χ0v) is 14.7. The maximum absolute atomic E-state index is 4.46. The van der Waals surface area contributed by atoms with Crippen molar-refractivity contribution >= 4 is 17.3 Å². The molecule has 1 fully saturated rings. The lowest BCUT2D eigenvalue weighted by molar-refractivity contribution is 0.252. The Morgan fingerprint density at radius 2 is 2.18 bits per heavy atom. The molecule has 2 aliphatic heterocycles. The van der Waals surface area contributed by atoms with Crippen LogP contribution in [0.2, 0.25) is 0 Å². The van der Waals surface area contributed by atoms with Gasteiger partial charge in [-0.15, -0.1) is 11.3 Å². The largest absolute Gasteiger partial charge is 0.355 e. The number of piperidine rings is 1. The molecule has 0 amide bonds. The highest BCUT2D eigenvalue weighted by Gasteiger charge is 2.19. The van der Waals surface area contributed by atoms with Crippen LogP contribution in [0.5, 0.6) is 0 Å². The highest BCUT2D eigenvalue weighted by molar-refractivity contribution is 7.10. The summed E-state index contributed by atoms with van der Waals surface area (Å²) in [4.78, 5) is 11.0. The van der Waals surface area contributed by atoms with Gasteiger partial charge in [-0.25, -0.2) is 0 Å². The van der Waals surface area contributed by atoms with Gasteiger partial charge in [0.05, 0.1) is 0 Å². The number of nitrogens with one attached hydrogen (secondary N) is 1. The summed E-state index contributed by atoms with van der Waals surface area (Å²) in [6.07, 6.45) is 3.78. The molecule has 1 aromatic rings. The van der Waals surface area contributed by atoms with Gasteiger partial charge >= 0.3 is 0 Å². The van der Waals surface area contributed by atoms with E-state index in [1.807, 2.05) is 18.4 Å². The monoisotopic (exact) mass is 320 g/mol. The smallest absolute Gasteiger partial charge is 0.193 e. The van der Waals surface area contributed by atoms with Gasteiger partial charge in [0.15, 0.2) is 5.96 Å². The molecule has 4 nitrogen and oxygen atoms in total. The van der Waals surface area contributed by atoms with E-state index in [-0.39, 0.29) is 0 Å². The van der Waals surface area contributed by atoms with Crippen molar-refractivity contribution in [2.24, 2.45) is 10.9 Å². The Morgan fingerprint density at radius 3 is 2.95 bits per heavy atom. The van der Waals surface area contributed by atoms with E-state index < -0.39 is 0 Å². The molecule has 122 valence electrons. The van der Waals surface area contributed by atoms with Crippen molar-refractivity contribution in [3.05, 3.63) is 21.9 Å². The average Bonchev–Trinajstić information content (AvgIpc) is 3.00. The van der Waals surface area contributed by atoms with Crippen molar-refractivity contribution in [2.75, 3.05) is 39.8 Å². The van der Waals surface area contributed by atoms with Gasteiger partial charge in [0.2, 0.25) is 0 Å². The molecule has 0 saturated carbocycles. The summed E-state index contributed by atoms with van der Waals surface area (Å²) in [5.41, 5.74) is 1.53. The summed E-state index contributed by atoms with van der Waals surface area (Å²) >= 11 is 1.91. The molecule has 1 N–H and O–H groups in total. The summed E-state index contributed by atoms with van der Waals surface area (Å²) in [6, 6.07) is 2.29. The van der Waals surface area contributed by atoms with Crippen molar-refractivity contribution in [1.82, 2.24) is 15.1 Å². The van der Waals surface area contributed by atoms with Crippen molar-refractivity contribution < 1.29 is 0 Å². The molecular formula is C17H28N4S. The number of aliphatic imine (C=N–C) groups is 1. The molecule has 22 heavy (non-hydrogen) atoms. The summed E-state index contributed by atoms with van der Waals surface area (Å²) in [7, 11) is 1.90. The first-order valence-corrected chi connectivity index (χ1v) is 9.37. The minimum absolute atomic E-state index is 0.863. The Bertz CT molecular complexity index is 503. The van der Waals surface area contributed by atoms with Crippen LogP contribution in [0.25, 0.3) is 0 Å². The number of hydrogen-bond acceptors (Lipinski definition) is 3. The lowest BCUT2D eigenvalue weighted by Crippen LogP contribution is -2.47. The summed E-state index contributed by atoms with van der Waals surface area (Å²) in [5.74, 6) is 1.95. The number of thiophene rings is 1. The Balaban J connectivity index is 1.42. The van der Waals surface area contributed by atoms with Gasteiger partial charge in [-0.2, -0.15) is 0 Å². The van der Waals surface area contributed by atoms with E-state index in [1.54, 1.807) is 4.88 Å². The average molecular weight is 321 g/mol. The number of guanidine groups is 1. The highest BCUT2D eigenvalue weighted by Crippen LogP contribution is 2.23. The zero-order valence-electron chi connectivity index (χ0n) is 13.8. The molecule has 0 spiro atoms. The minimum atomic E-state index is 0.863. The van der Waals surface area contributed by atoms with Gasteiger partial charge in [0, 0.05) is 51.2 Å². The maximum atomic E-state index is 4.46. The van der Waals surface area contributed by atoms with Gasteiger partial charge in [0.1, 0.15) is 0 Å². The van der Waals surface area contributed by atoms with E-state index in [4.69, 9.17) is 0 Å². The molecule has 0 bridgehead atoms. The molecule has 0 radical (unpaired) electrons. The number of rotatable bonds is 3. The van der Waals surface area contributed by atoms with Crippen LogP contribution in [-0.2, 0) is 13.0 Å². The number of nitrogens with zero attached hydrogens (tertiary/aromatic N) is 3. The predicted molar refractivity (Wildman–Crippen MR) is 94.6 cm³/mol. The fraction of sp³-hybridized carbons (Fsp3) is 0.706. The highest BCUT2D eigenvalue weighted by atomic mass is 32.1. The standard InChI is InChI=1S/C17H28N4S/c1-14-3-9-21(10-4-14)17(18-2)19-7-11-20-8-5-16-15(13-20)6-12-22-16/h6,12,14H,3-5,7-11,13H2,1-2H3,(H,18,19). The molecule has 0 aromatic carbocycles. The van der Waals surface area contributed by atoms with Gasteiger partial charge in [-0.05, 0) is 42.2 Å². The first-order valence-electron chi connectivity index (χ1n) is 8.49. The summed E-state index contributed by atoms with van der Waals surface area (Å²) in [5, 5.41) is 5.78. The molecule has 5 heteroatoms. The van der Waals surface area contributed by atoms with E-state index >= 15 is 0 Å². The molecule has 2 aliphatic rings. The molecule has 0 atom stereocenters. The second-order valence-corrected chi connectivity index (χ2v) is 7.54. The second-order valence-electron chi connectivity index (χ2n) is 6.54. The predicted octanol–water partition coefficient (Wildman–Crippen LogP) is 2.41. The van der Waals surface area contributed by atoms with Gasteiger partial charge in [0.25, 0.3) is 0 Å². The molecule has 3 rings (SSSR count). The Labute approximate surface area is 138 Å². The Morgan fingerprint density at radius 1 is 1.36 bits per heavy atom. The molecule has 0 aliphatic carbocycles. The van der Waals surface area contributed by atoms with Crippen LogP contribution in [-0.4, -0.2) is 55.5 Å². The van der Waals surface area contributed by atoms with Crippen LogP contribution >= 0.6 is 11.3 Å². The van der Waals surface area contributed by atoms with Crippen LogP contribution in [0.4, 0.5) is 0 Å². The molecule has 3 heterocycles. The third-order valence-corrected chi connectivity index (χ3v) is 5.92. The molecule has 0 unspecified atom stereocenters. The van der Waals surface area contributed by atoms with E-state index in [1.165, 1.54) is 31.4 Å². The van der Waals surface area contributed by atoms with E-state index in [9.17, 15) is 0 Å². The SMILES string of the molecule is CN=C(NCCN1CCc2sccc2C1)N1CCC(C)CC1. The van der Waals surface area contributed by atoms with Gasteiger partial charge in [-0.3, -0.25) is 9.89 Å². The first kappa shape index (κ1) is 15.8. The van der Waals surface area contributed by atoms with Crippen LogP contribution in [0, 0.1) is 5.92 Å². The van der Waals surface area contributed by atoms with E-state index in [0.29, 0.717) is 0 Å². The zero-order chi connectivity index (χ0) is 15.4. The third-order valence-electron chi connectivity index (χ3n) is 4.89. The minimum Gasteiger partial charge on any atom is -0.355 e. The molecular weight excluding hydrogens is 292 g/mol. The van der Waals surface area contributed by atoms with Crippen molar-refractivity contribution in [3.8, 4) is 0 Å². The van der Waals surface area contributed by atoms with Crippen molar-refractivity contribution in [3.63, 3.8) is 0 Å². The van der Waals surface area contributed by atoms with Crippen molar-refractivity contribution in [1.29, 1.82) is 0 Å². The van der Waals surface area contributed by atoms with Crippen LogP contribution in [0.1, 0.15) is 30.2 Å². The van der Waals surface area contributed by atoms with Gasteiger partial charge in [-0.1, -0.05) is 6.92 Å². The normalized spacial score (nSPS) is 21.0. The third kappa shape index (κ3) is 3.82. The van der Waals surface area contributed by atoms with Crippen LogP contribution in [0.15, 0.2) is 16.4 Å². The Hall–Kier alpha value is -1.07. The topological polar surface area (TPSA) is 30.9 Å². The van der Waals surface area contributed by atoms with Crippen molar-refractivity contribution in [2.45, 2.75) is 32.7 Å². The lowest BCUT2D eigenvalue weighted by atomic mass is 10.00. The molecule has 1 saturated heterocycles. The fourth-order valence-electron chi connectivity index (χ4n) is 3.38. The van der Waals surface area contributed by atoms with E-state index in [0.717, 1.165) is 44.6 Å². The van der Waals surface area contributed by atoms with Crippen LogP contribution < -0.4 is 5.32 Å². The number of likely N-dealkylation sites (tertiary alicyclic amines) is 1. The van der Waals surface area contributed by atoms with Crippen LogP contribution in [0.3, 0.4) is 0 Å². The first-order chi connectivity index (χ1) is 10.8. The lowest BCUT2D eigenvalue weighted by Gasteiger charge is -2.33. The Kier molecular flexibility index (Phi) is 5.37.